The Labute approximate surface area is 120 Å². The second kappa shape index (κ2) is 5.38. The first-order chi connectivity index (χ1) is 9.38. The first kappa shape index (κ1) is 14.1. The quantitative estimate of drug-likeness (QED) is 0.635. The number of carbonyl (C=O) groups excluding carboxylic acids is 3. The number of hydrogen-bond acceptors (Lipinski definition) is 4. The Morgan fingerprint density at radius 2 is 2.15 bits per heavy atom. The molecule has 8 heteroatoms. The molecule has 1 heterocycles. The van der Waals surface area contributed by atoms with E-state index in [9.17, 15) is 14.4 Å². The fourth-order valence-electron chi connectivity index (χ4n) is 1.80. The van der Waals surface area contributed by atoms with Gasteiger partial charge in [-0.1, -0.05) is 11.6 Å². The fraction of sp³-hybridized carbons (Fsp3) is 0.250. The highest BCUT2D eigenvalue weighted by Gasteiger charge is 2.34. The highest BCUT2D eigenvalue weighted by Crippen LogP contribution is 2.24. The Morgan fingerprint density at radius 3 is 2.75 bits per heavy atom. The molecule has 1 aromatic rings. The summed E-state index contributed by atoms with van der Waals surface area (Å²) in [6.45, 7) is -0.377. The Hall–Kier alpha value is -2.28. The number of likely N-dealkylation sites (N-methyl/N-ethyl adjacent to an activating group) is 1. The molecule has 0 radical (unpaired) electrons. The van der Waals surface area contributed by atoms with Crippen molar-refractivity contribution in [3.05, 3.63) is 23.2 Å². The molecule has 0 bridgehead atoms. The van der Waals surface area contributed by atoms with Gasteiger partial charge in [-0.3, -0.25) is 14.5 Å². The van der Waals surface area contributed by atoms with Crippen molar-refractivity contribution >= 4 is 40.8 Å². The van der Waals surface area contributed by atoms with Crippen molar-refractivity contribution in [1.29, 1.82) is 0 Å². The van der Waals surface area contributed by atoms with Crippen molar-refractivity contribution in [3.8, 4) is 0 Å². The average molecular weight is 297 g/mol. The second-order valence-electron chi connectivity index (χ2n) is 4.41. The Kier molecular flexibility index (Phi) is 3.80. The van der Waals surface area contributed by atoms with Crippen molar-refractivity contribution in [1.82, 2.24) is 9.80 Å². The van der Waals surface area contributed by atoms with Crippen LogP contribution in [0.15, 0.2) is 18.2 Å². The highest BCUT2D eigenvalue weighted by atomic mass is 35.5. The van der Waals surface area contributed by atoms with E-state index < -0.39 is 17.8 Å². The molecule has 0 atom stereocenters. The van der Waals surface area contributed by atoms with E-state index >= 15 is 0 Å². The van der Waals surface area contributed by atoms with E-state index in [1.54, 1.807) is 12.1 Å². The molecule has 0 spiro atoms. The van der Waals surface area contributed by atoms with Crippen LogP contribution in [0.3, 0.4) is 0 Å². The standard InChI is InChI=1S/C12H13ClN4O3/c1-16-6-11(19)17(12(16)20)5-10(18)15-9-4-7(14)2-3-8(9)13/h2-4H,5-6,14H2,1H3,(H,15,18). The zero-order valence-corrected chi connectivity index (χ0v) is 11.5. The summed E-state index contributed by atoms with van der Waals surface area (Å²) in [5, 5.41) is 2.84. The van der Waals surface area contributed by atoms with Crippen LogP contribution >= 0.6 is 11.6 Å². The number of anilines is 2. The minimum absolute atomic E-state index is 0.0227. The first-order valence-corrected chi connectivity index (χ1v) is 6.16. The molecule has 1 aliphatic heterocycles. The normalized spacial score (nSPS) is 14.9. The first-order valence-electron chi connectivity index (χ1n) is 5.79. The van der Waals surface area contributed by atoms with Gasteiger partial charge in [0.2, 0.25) is 5.91 Å². The maximum atomic E-state index is 11.9. The molecular weight excluding hydrogens is 284 g/mol. The van der Waals surface area contributed by atoms with Gasteiger partial charge >= 0.3 is 6.03 Å². The van der Waals surface area contributed by atoms with E-state index in [4.69, 9.17) is 17.3 Å². The van der Waals surface area contributed by atoms with Crippen LogP contribution in [0.5, 0.6) is 0 Å². The average Bonchev–Trinajstić information content (AvgIpc) is 2.61. The molecule has 0 aliphatic carbocycles. The third kappa shape index (κ3) is 2.83. The van der Waals surface area contributed by atoms with E-state index in [1.807, 2.05) is 0 Å². The van der Waals surface area contributed by atoms with Gasteiger partial charge in [-0.05, 0) is 18.2 Å². The van der Waals surface area contributed by atoms with Gasteiger partial charge in [-0.25, -0.2) is 4.79 Å². The molecule has 3 N–H and O–H groups in total. The number of carbonyl (C=O) groups is 3. The van der Waals surface area contributed by atoms with Gasteiger partial charge in [-0.2, -0.15) is 0 Å². The highest BCUT2D eigenvalue weighted by molar-refractivity contribution is 6.33. The van der Waals surface area contributed by atoms with Crippen molar-refractivity contribution < 1.29 is 14.4 Å². The predicted octanol–water partition coefficient (Wildman–Crippen LogP) is 0.755. The molecule has 2 rings (SSSR count). The number of imide groups is 1. The van der Waals surface area contributed by atoms with E-state index in [0.717, 1.165) is 4.90 Å². The molecule has 1 aromatic carbocycles. The monoisotopic (exact) mass is 296 g/mol. The van der Waals surface area contributed by atoms with Crippen molar-refractivity contribution in [3.63, 3.8) is 0 Å². The van der Waals surface area contributed by atoms with Crippen LogP contribution in [-0.4, -0.2) is 47.8 Å². The molecular formula is C12H13ClN4O3. The number of amides is 4. The number of nitrogens with two attached hydrogens (primary N) is 1. The molecule has 1 saturated heterocycles. The molecule has 7 nitrogen and oxygen atoms in total. The molecule has 106 valence electrons. The number of nitrogen functional groups attached to an aromatic ring is 1. The summed E-state index contributed by atoms with van der Waals surface area (Å²) >= 11 is 5.91. The zero-order valence-electron chi connectivity index (χ0n) is 10.7. The smallest absolute Gasteiger partial charge is 0.327 e. The van der Waals surface area contributed by atoms with Crippen molar-refractivity contribution in [2.45, 2.75) is 0 Å². The summed E-state index contributed by atoms with van der Waals surface area (Å²) in [5.41, 5.74) is 6.37. The van der Waals surface area contributed by atoms with Crippen LogP contribution in [0.4, 0.5) is 16.2 Å². The minimum atomic E-state index is -0.519. The van der Waals surface area contributed by atoms with E-state index in [1.165, 1.54) is 18.0 Å². The lowest BCUT2D eigenvalue weighted by Crippen LogP contribution is -2.38. The Bertz CT molecular complexity index is 590. The van der Waals surface area contributed by atoms with Gasteiger partial charge in [0.1, 0.15) is 13.1 Å². The summed E-state index contributed by atoms with van der Waals surface area (Å²) in [7, 11) is 1.49. The van der Waals surface area contributed by atoms with E-state index in [0.29, 0.717) is 16.4 Å². The van der Waals surface area contributed by atoms with Crippen LogP contribution < -0.4 is 11.1 Å². The van der Waals surface area contributed by atoms with Crippen molar-refractivity contribution in [2.75, 3.05) is 31.2 Å². The van der Waals surface area contributed by atoms with Gasteiger partial charge in [-0.15, -0.1) is 0 Å². The zero-order chi connectivity index (χ0) is 14.9. The van der Waals surface area contributed by atoms with Gasteiger partial charge in [0.25, 0.3) is 5.91 Å². The van der Waals surface area contributed by atoms with Crippen LogP contribution in [0, 0.1) is 0 Å². The van der Waals surface area contributed by atoms with E-state index in [2.05, 4.69) is 5.32 Å². The Balaban J connectivity index is 2.04. The largest absolute Gasteiger partial charge is 0.399 e. The van der Waals surface area contributed by atoms with E-state index in [-0.39, 0.29) is 13.1 Å². The van der Waals surface area contributed by atoms with Crippen molar-refractivity contribution in [2.24, 2.45) is 0 Å². The number of nitrogens with zero attached hydrogens (tertiary/aromatic N) is 2. The summed E-state index contributed by atoms with van der Waals surface area (Å²) in [5.74, 6) is -0.930. The Morgan fingerprint density at radius 1 is 1.45 bits per heavy atom. The van der Waals surface area contributed by atoms with Gasteiger partial charge in [0.15, 0.2) is 0 Å². The fourth-order valence-corrected chi connectivity index (χ4v) is 1.96. The number of benzene rings is 1. The molecule has 1 fully saturated rings. The second-order valence-corrected chi connectivity index (χ2v) is 4.81. The lowest BCUT2D eigenvalue weighted by atomic mass is 10.3. The molecule has 1 aliphatic rings. The van der Waals surface area contributed by atoms with Gasteiger partial charge < -0.3 is 16.0 Å². The number of rotatable bonds is 3. The lowest BCUT2D eigenvalue weighted by molar-refractivity contribution is -0.129. The van der Waals surface area contributed by atoms with Gasteiger partial charge in [0, 0.05) is 12.7 Å². The van der Waals surface area contributed by atoms with Crippen LogP contribution in [-0.2, 0) is 9.59 Å². The number of hydrogen-bond donors (Lipinski definition) is 2. The molecule has 4 amide bonds. The summed E-state index contributed by atoms with van der Waals surface area (Å²) in [4.78, 5) is 37.1. The van der Waals surface area contributed by atoms with Crippen LogP contribution in [0.2, 0.25) is 5.02 Å². The molecule has 0 saturated carbocycles. The lowest BCUT2D eigenvalue weighted by Gasteiger charge is -2.14. The summed E-state index contributed by atoms with van der Waals surface area (Å²) in [6.07, 6.45) is 0. The maximum absolute atomic E-state index is 11.9. The number of nitrogens with one attached hydrogen (secondary N) is 1. The third-order valence-corrected chi connectivity index (χ3v) is 3.13. The molecule has 0 aromatic heterocycles. The minimum Gasteiger partial charge on any atom is -0.399 e. The SMILES string of the molecule is CN1CC(=O)N(CC(=O)Nc2cc(N)ccc2Cl)C1=O. The predicted molar refractivity (Wildman–Crippen MR) is 74.2 cm³/mol. The molecule has 0 unspecified atom stereocenters. The topological polar surface area (TPSA) is 95.7 Å². The molecule has 20 heavy (non-hydrogen) atoms. The van der Waals surface area contributed by atoms with Crippen LogP contribution in [0.25, 0.3) is 0 Å². The third-order valence-electron chi connectivity index (χ3n) is 2.80. The maximum Gasteiger partial charge on any atom is 0.327 e. The van der Waals surface area contributed by atoms with Crippen LogP contribution in [0.1, 0.15) is 0 Å². The number of urea groups is 1. The summed E-state index contributed by atoms with van der Waals surface area (Å²) in [6, 6.07) is 4.15. The van der Waals surface area contributed by atoms with Gasteiger partial charge in [0.05, 0.1) is 10.7 Å². The number of halogens is 1. The summed E-state index contributed by atoms with van der Waals surface area (Å²) < 4.78 is 0.